The van der Waals surface area contributed by atoms with Gasteiger partial charge in [0.2, 0.25) is 5.91 Å². The third-order valence-corrected chi connectivity index (χ3v) is 4.12. The highest BCUT2D eigenvalue weighted by atomic mass is 79.9. The van der Waals surface area contributed by atoms with Crippen molar-refractivity contribution in [1.29, 1.82) is 0 Å². The molecule has 0 fully saturated rings. The van der Waals surface area contributed by atoms with Crippen LogP contribution in [-0.2, 0) is 4.79 Å². The minimum Gasteiger partial charge on any atom is -0.496 e. The number of hydrogen-bond acceptors (Lipinski definition) is 3. The highest BCUT2D eigenvalue weighted by Gasteiger charge is 2.13. The summed E-state index contributed by atoms with van der Waals surface area (Å²) in [6.45, 7) is 1.81. The largest absolute Gasteiger partial charge is 0.496 e. The summed E-state index contributed by atoms with van der Waals surface area (Å²) in [7, 11) is 1.60. The zero-order chi connectivity index (χ0) is 17.5. The van der Waals surface area contributed by atoms with E-state index in [4.69, 9.17) is 4.74 Å². The summed E-state index contributed by atoms with van der Waals surface area (Å²) in [6.07, 6.45) is 0. The first-order chi connectivity index (χ1) is 11.5. The maximum absolute atomic E-state index is 12.0. The molecule has 0 saturated carbocycles. The van der Waals surface area contributed by atoms with E-state index in [0.717, 1.165) is 15.8 Å². The fourth-order valence-electron chi connectivity index (χ4n) is 2.18. The molecule has 2 aromatic rings. The number of hydrogen-bond donors (Lipinski definition) is 2. The monoisotopic (exact) mass is 390 g/mol. The van der Waals surface area contributed by atoms with Crippen LogP contribution in [0.2, 0.25) is 0 Å². The van der Waals surface area contributed by atoms with Crippen molar-refractivity contribution in [2.45, 2.75) is 13.0 Å². The summed E-state index contributed by atoms with van der Waals surface area (Å²) in [4.78, 5) is 23.9. The molecule has 0 aliphatic heterocycles. The number of halogens is 1. The molecule has 24 heavy (non-hydrogen) atoms. The predicted octanol–water partition coefficient (Wildman–Crippen LogP) is 3.06. The Balaban J connectivity index is 1.87. The van der Waals surface area contributed by atoms with Gasteiger partial charge in [0.1, 0.15) is 5.75 Å². The van der Waals surface area contributed by atoms with Gasteiger partial charge in [-0.15, -0.1) is 0 Å². The van der Waals surface area contributed by atoms with Crippen LogP contribution in [0.1, 0.15) is 28.9 Å². The van der Waals surface area contributed by atoms with Gasteiger partial charge in [-0.3, -0.25) is 9.59 Å². The Labute approximate surface area is 149 Å². The smallest absolute Gasteiger partial charge is 0.251 e. The van der Waals surface area contributed by atoms with Gasteiger partial charge in [-0.05, 0) is 52.7 Å². The van der Waals surface area contributed by atoms with Gasteiger partial charge >= 0.3 is 0 Å². The van der Waals surface area contributed by atoms with E-state index >= 15 is 0 Å². The number of ether oxygens (including phenoxy) is 1. The van der Waals surface area contributed by atoms with Crippen molar-refractivity contribution < 1.29 is 14.3 Å². The zero-order valence-corrected chi connectivity index (χ0v) is 15.1. The second-order valence-corrected chi connectivity index (χ2v) is 6.09. The van der Waals surface area contributed by atoms with Crippen molar-refractivity contribution in [2.75, 3.05) is 13.7 Å². The van der Waals surface area contributed by atoms with Crippen LogP contribution in [0.5, 0.6) is 5.75 Å². The average molecular weight is 391 g/mol. The first-order valence-corrected chi connectivity index (χ1v) is 8.26. The van der Waals surface area contributed by atoms with Gasteiger partial charge in [0, 0.05) is 5.56 Å². The first-order valence-electron chi connectivity index (χ1n) is 7.47. The maximum atomic E-state index is 12.0. The van der Waals surface area contributed by atoms with Crippen molar-refractivity contribution in [3.05, 3.63) is 64.1 Å². The molecule has 0 heterocycles. The lowest BCUT2D eigenvalue weighted by atomic mass is 10.1. The lowest BCUT2D eigenvalue weighted by molar-refractivity contribution is -0.120. The van der Waals surface area contributed by atoms with Crippen molar-refractivity contribution in [1.82, 2.24) is 10.6 Å². The second kappa shape index (κ2) is 8.49. The summed E-state index contributed by atoms with van der Waals surface area (Å²) in [5, 5.41) is 5.46. The highest BCUT2D eigenvalue weighted by Crippen LogP contribution is 2.27. The molecule has 1 atom stereocenters. The molecule has 2 aromatic carbocycles. The number of nitrogens with one attached hydrogen (secondary N) is 2. The molecular weight excluding hydrogens is 372 g/mol. The van der Waals surface area contributed by atoms with Gasteiger partial charge in [-0.25, -0.2) is 0 Å². The van der Waals surface area contributed by atoms with E-state index in [9.17, 15) is 9.59 Å². The number of carbonyl (C=O) groups excluding carboxylic acids is 2. The normalized spacial score (nSPS) is 11.5. The standard InChI is InChI=1S/C18H19BrN2O3/c1-12(14-8-9-16(24-2)15(19)10-14)21-17(22)11-20-18(23)13-6-4-3-5-7-13/h3-10,12H,11H2,1-2H3,(H,20,23)(H,21,22)/t12-/m1/s1. The Hall–Kier alpha value is -2.34. The molecule has 0 radical (unpaired) electrons. The van der Waals surface area contributed by atoms with Gasteiger partial charge < -0.3 is 15.4 Å². The van der Waals surface area contributed by atoms with Gasteiger partial charge in [0.25, 0.3) is 5.91 Å². The van der Waals surface area contributed by atoms with Gasteiger partial charge in [-0.2, -0.15) is 0 Å². The molecule has 0 spiro atoms. The van der Waals surface area contributed by atoms with Crippen molar-refractivity contribution in [3.8, 4) is 5.75 Å². The molecule has 6 heteroatoms. The molecule has 0 unspecified atom stereocenters. The molecule has 2 N–H and O–H groups in total. The summed E-state index contributed by atoms with van der Waals surface area (Å²) in [5.41, 5.74) is 1.46. The summed E-state index contributed by atoms with van der Waals surface area (Å²) >= 11 is 3.42. The topological polar surface area (TPSA) is 67.4 Å². The summed E-state index contributed by atoms with van der Waals surface area (Å²) in [5.74, 6) is 0.205. The van der Waals surface area contributed by atoms with Crippen LogP contribution in [0.15, 0.2) is 53.0 Å². The Kier molecular flexibility index (Phi) is 6.37. The van der Waals surface area contributed by atoms with Crippen molar-refractivity contribution in [3.63, 3.8) is 0 Å². The quantitative estimate of drug-likeness (QED) is 0.796. The van der Waals surface area contributed by atoms with Crippen molar-refractivity contribution in [2.24, 2.45) is 0 Å². The van der Waals surface area contributed by atoms with E-state index in [1.54, 1.807) is 31.4 Å². The third kappa shape index (κ3) is 4.83. The number of rotatable bonds is 6. The molecular formula is C18H19BrN2O3. The fraction of sp³-hybridized carbons (Fsp3) is 0.222. The molecule has 0 aliphatic rings. The summed E-state index contributed by atoms with van der Waals surface area (Å²) < 4.78 is 6.01. The minimum atomic E-state index is -0.273. The van der Waals surface area contributed by atoms with Crippen LogP contribution in [-0.4, -0.2) is 25.5 Å². The van der Waals surface area contributed by atoms with Crippen LogP contribution in [0.25, 0.3) is 0 Å². The summed E-state index contributed by atoms with van der Waals surface area (Å²) in [6, 6.07) is 14.2. The maximum Gasteiger partial charge on any atom is 0.251 e. The van der Waals surface area contributed by atoms with E-state index < -0.39 is 0 Å². The number of benzene rings is 2. The van der Waals surface area contributed by atoms with Crippen LogP contribution in [0.3, 0.4) is 0 Å². The molecule has 5 nitrogen and oxygen atoms in total. The van der Waals surface area contributed by atoms with E-state index in [2.05, 4.69) is 26.6 Å². The van der Waals surface area contributed by atoms with Crippen LogP contribution >= 0.6 is 15.9 Å². The number of carbonyl (C=O) groups is 2. The second-order valence-electron chi connectivity index (χ2n) is 5.23. The Morgan fingerprint density at radius 1 is 1.17 bits per heavy atom. The Morgan fingerprint density at radius 3 is 2.50 bits per heavy atom. The lowest BCUT2D eigenvalue weighted by Crippen LogP contribution is -2.38. The average Bonchev–Trinajstić information content (AvgIpc) is 2.60. The molecule has 0 saturated heterocycles. The predicted molar refractivity (Wildman–Crippen MR) is 96.0 cm³/mol. The molecule has 126 valence electrons. The molecule has 2 amide bonds. The SMILES string of the molecule is COc1ccc([C@@H](C)NC(=O)CNC(=O)c2ccccc2)cc1Br. The van der Waals surface area contributed by atoms with Crippen molar-refractivity contribution >= 4 is 27.7 Å². The number of amides is 2. The van der Waals surface area contributed by atoms with Crippen LogP contribution < -0.4 is 15.4 Å². The Morgan fingerprint density at radius 2 is 1.88 bits per heavy atom. The lowest BCUT2D eigenvalue weighted by Gasteiger charge is -2.16. The van der Waals surface area contributed by atoms with Gasteiger partial charge in [-0.1, -0.05) is 24.3 Å². The first kappa shape index (κ1) is 18.0. The van der Waals surface area contributed by atoms with E-state index in [1.165, 1.54) is 0 Å². The van der Waals surface area contributed by atoms with E-state index in [1.807, 2.05) is 31.2 Å². The van der Waals surface area contributed by atoms with Gasteiger partial charge in [0.15, 0.2) is 0 Å². The molecule has 0 aromatic heterocycles. The molecule has 0 bridgehead atoms. The highest BCUT2D eigenvalue weighted by molar-refractivity contribution is 9.10. The molecule has 2 rings (SSSR count). The fourth-order valence-corrected chi connectivity index (χ4v) is 2.74. The van der Waals surface area contributed by atoms with Crippen LogP contribution in [0, 0.1) is 0 Å². The molecule has 0 aliphatic carbocycles. The third-order valence-electron chi connectivity index (χ3n) is 3.50. The van der Waals surface area contributed by atoms with E-state index in [0.29, 0.717) is 5.56 Å². The van der Waals surface area contributed by atoms with E-state index in [-0.39, 0.29) is 24.4 Å². The minimum absolute atomic E-state index is 0.0740. The Bertz CT molecular complexity index is 719. The van der Waals surface area contributed by atoms with Crippen LogP contribution in [0.4, 0.5) is 0 Å². The zero-order valence-electron chi connectivity index (χ0n) is 13.5. The number of methoxy groups -OCH3 is 1. The van der Waals surface area contributed by atoms with Gasteiger partial charge in [0.05, 0.1) is 24.2 Å².